The second-order valence-corrected chi connectivity index (χ2v) is 4.81. The van der Waals surface area contributed by atoms with Gasteiger partial charge in [-0.05, 0) is 25.8 Å². The first kappa shape index (κ1) is 12.6. The minimum absolute atomic E-state index is 0.462. The Morgan fingerprint density at radius 2 is 2.06 bits per heavy atom. The summed E-state index contributed by atoms with van der Waals surface area (Å²) >= 11 is 5.98. The Bertz CT molecular complexity index is 350. The van der Waals surface area contributed by atoms with E-state index in [9.17, 15) is 0 Å². The Morgan fingerprint density at radius 1 is 1.35 bits per heavy atom. The predicted molar refractivity (Wildman–Crippen MR) is 70.4 cm³/mol. The van der Waals surface area contributed by atoms with Gasteiger partial charge in [-0.3, -0.25) is 0 Å². The summed E-state index contributed by atoms with van der Waals surface area (Å²) < 4.78 is 0. The highest BCUT2D eigenvalue weighted by Gasteiger charge is 2.19. The van der Waals surface area contributed by atoms with Gasteiger partial charge in [0.25, 0.3) is 0 Å². The highest BCUT2D eigenvalue weighted by Crippen LogP contribution is 2.19. The van der Waals surface area contributed by atoms with Crippen molar-refractivity contribution in [3.63, 3.8) is 0 Å². The summed E-state index contributed by atoms with van der Waals surface area (Å²) in [7, 11) is 0. The molecule has 1 fully saturated rings. The number of hydrogen-bond donors (Lipinski definition) is 1. The fraction of sp³-hybridized carbons (Fsp3) is 0.667. The molecule has 1 N–H and O–H groups in total. The number of nitrogens with zero attached hydrogens (tertiary/aromatic N) is 3. The van der Waals surface area contributed by atoms with Crippen LogP contribution in [0.4, 0.5) is 5.82 Å². The molecule has 2 heterocycles. The minimum atomic E-state index is 0.462. The van der Waals surface area contributed by atoms with Gasteiger partial charge in [0.15, 0.2) is 11.0 Å². The van der Waals surface area contributed by atoms with Crippen LogP contribution in [0.15, 0.2) is 12.4 Å². The highest BCUT2D eigenvalue weighted by atomic mass is 35.5. The maximum absolute atomic E-state index is 5.98. The van der Waals surface area contributed by atoms with Crippen molar-refractivity contribution >= 4 is 17.4 Å². The zero-order valence-corrected chi connectivity index (χ0v) is 11.0. The fourth-order valence-electron chi connectivity index (χ4n) is 2.23. The van der Waals surface area contributed by atoms with Crippen LogP contribution in [0.3, 0.4) is 0 Å². The van der Waals surface area contributed by atoms with Gasteiger partial charge in [0, 0.05) is 31.5 Å². The van der Waals surface area contributed by atoms with Gasteiger partial charge in [0.2, 0.25) is 0 Å². The van der Waals surface area contributed by atoms with Crippen molar-refractivity contribution in [1.29, 1.82) is 0 Å². The molecule has 0 unspecified atom stereocenters. The Morgan fingerprint density at radius 3 is 2.71 bits per heavy atom. The van der Waals surface area contributed by atoms with Gasteiger partial charge in [-0.25, -0.2) is 9.97 Å². The molecular weight excluding hydrogens is 236 g/mol. The summed E-state index contributed by atoms with van der Waals surface area (Å²) in [6.07, 6.45) is 6.80. The monoisotopic (exact) mass is 254 g/mol. The number of piperidine rings is 1. The third-order valence-corrected chi connectivity index (χ3v) is 3.40. The van der Waals surface area contributed by atoms with E-state index in [1.54, 1.807) is 12.4 Å². The van der Waals surface area contributed by atoms with Gasteiger partial charge in [-0.15, -0.1) is 0 Å². The zero-order chi connectivity index (χ0) is 12.1. The summed E-state index contributed by atoms with van der Waals surface area (Å²) in [6.45, 7) is 5.75. The Kier molecular flexibility index (Phi) is 4.57. The topological polar surface area (TPSA) is 41.0 Å². The van der Waals surface area contributed by atoms with Gasteiger partial charge >= 0.3 is 0 Å². The average molecular weight is 255 g/mol. The quantitative estimate of drug-likeness (QED) is 0.896. The van der Waals surface area contributed by atoms with Crippen LogP contribution in [0.25, 0.3) is 0 Å². The maximum Gasteiger partial charge on any atom is 0.171 e. The van der Waals surface area contributed by atoms with Crippen LogP contribution in [0, 0.1) is 0 Å². The molecule has 2 rings (SSSR count). The molecule has 1 aromatic heterocycles. The zero-order valence-electron chi connectivity index (χ0n) is 10.2. The predicted octanol–water partition coefficient (Wildman–Crippen LogP) is 2.42. The van der Waals surface area contributed by atoms with Gasteiger partial charge in [-0.1, -0.05) is 18.5 Å². The lowest BCUT2D eigenvalue weighted by Gasteiger charge is -2.32. The fourth-order valence-corrected chi connectivity index (χ4v) is 2.39. The number of aromatic nitrogens is 2. The third-order valence-electron chi connectivity index (χ3n) is 3.12. The van der Waals surface area contributed by atoms with Crippen molar-refractivity contribution in [2.75, 3.05) is 25.0 Å². The van der Waals surface area contributed by atoms with E-state index in [-0.39, 0.29) is 0 Å². The largest absolute Gasteiger partial charge is 0.365 e. The summed E-state index contributed by atoms with van der Waals surface area (Å²) in [5.74, 6) is 0.711. The molecular formula is C12H19ClN4. The first-order valence-electron chi connectivity index (χ1n) is 6.25. The molecule has 4 nitrogen and oxygen atoms in total. The second kappa shape index (κ2) is 6.17. The van der Waals surface area contributed by atoms with E-state index >= 15 is 0 Å². The molecule has 0 atom stereocenters. The molecule has 0 spiro atoms. The van der Waals surface area contributed by atoms with Gasteiger partial charge < -0.3 is 10.2 Å². The van der Waals surface area contributed by atoms with Crippen molar-refractivity contribution < 1.29 is 0 Å². The summed E-state index contributed by atoms with van der Waals surface area (Å²) in [5.41, 5.74) is 0. The van der Waals surface area contributed by atoms with Crippen LogP contribution in [-0.4, -0.2) is 40.5 Å². The molecule has 1 aromatic rings. The summed E-state index contributed by atoms with van der Waals surface area (Å²) in [6, 6.07) is 0.470. The lowest BCUT2D eigenvalue weighted by Crippen LogP contribution is -2.39. The third kappa shape index (κ3) is 3.54. The Labute approximate surface area is 107 Å². The van der Waals surface area contributed by atoms with Gasteiger partial charge in [0.1, 0.15) is 0 Å². The van der Waals surface area contributed by atoms with E-state index < -0.39 is 0 Å². The van der Waals surface area contributed by atoms with E-state index in [1.165, 1.54) is 13.0 Å². The van der Waals surface area contributed by atoms with Crippen LogP contribution < -0.4 is 5.32 Å². The van der Waals surface area contributed by atoms with E-state index in [4.69, 9.17) is 11.6 Å². The first-order valence-corrected chi connectivity index (χ1v) is 6.62. The molecule has 1 aliphatic heterocycles. The SMILES string of the molecule is CCCN1CCC(Nc2nccnc2Cl)CC1. The maximum atomic E-state index is 5.98. The molecule has 0 amide bonds. The Hall–Kier alpha value is -0.870. The number of anilines is 1. The smallest absolute Gasteiger partial charge is 0.171 e. The molecule has 0 aliphatic carbocycles. The molecule has 5 heteroatoms. The van der Waals surface area contributed by atoms with E-state index in [2.05, 4.69) is 27.1 Å². The number of nitrogens with one attached hydrogen (secondary N) is 1. The summed E-state index contributed by atoms with van der Waals surface area (Å²) in [5, 5.41) is 3.84. The van der Waals surface area contributed by atoms with Crippen molar-refractivity contribution in [3.8, 4) is 0 Å². The van der Waals surface area contributed by atoms with Gasteiger partial charge in [-0.2, -0.15) is 0 Å². The van der Waals surface area contributed by atoms with Crippen molar-refractivity contribution in [2.45, 2.75) is 32.2 Å². The van der Waals surface area contributed by atoms with E-state index in [0.717, 1.165) is 25.9 Å². The first-order chi connectivity index (χ1) is 8.29. The van der Waals surface area contributed by atoms with Crippen molar-refractivity contribution in [3.05, 3.63) is 17.5 Å². The number of rotatable bonds is 4. The molecule has 17 heavy (non-hydrogen) atoms. The Balaban J connectivity index is 1.84. The lowest BCUT2D eigenvalue weighted by molar-refractivity contribution is 0.219. The van der Waals surface area contributed by atoms with E-state index in [1.807, 2.05) is 0 Å². The second-order valence-electron chi connectivity index (χ2n) is 4.46. The van der Waals surface area contributed by atoms with Gasteiger partial charge in [0.05, 0.1) is 0 Å². The normalized spacial score (nSPS) is 18.2. The van der Waals surface area contributed by atoms with Crippen LogP contribution in [0.1, 0.15) is 26.2 Å². The van der Waals surface area contributed by atoms with Crippen LogP contribution >= 0.6 is 11.6 Å². The number of halogens is 1. The standard InChI is InChI=1S/C12H19ClN4/c1-2-7-17-8-3-10(4-9-17)16-12-11(13)14-5-6-15-12/h5-6,10H,2-4,7-9H2,1H3,(H,15,16). The number of likely N-dealkylation sites (tertiary alicyclic amines) is 1. The molecule has 94 valence electrons. The molecule has 0 aromatic carbocycles. The molecule has 1 saturated heterocycles. The van der Waals surface area contributed by atoms with Crippen molar-refractivity contribution in [1.82, 2.24) is 14.9 Å². The highest BCUT2D eigenvalue weighted by molar-refractivity contribution is 6.31. The number of hydrogen-bond acceptors (Lipinski definition) is 4. The summed E-state index contributed by atoms with van der Waals surface area (Å²) in [4.78, 5) is 10.7. The lowest BCUT2D eigenvalue weighted by atomic mass is 10.1. The minimum Gasteiger partial charge on any atom is -0.365 e. The van der Waals surface area contributed by atoms with Crippen LogP contribution in [0.5, 0.6) is 0 Å². The average Bonchev–Trinajstić information content (AvgIpc) is 2.35. The molecule has 0 saturated carbocycles. The van der Waals surface area contributed by atoms with E-state index in [0.29, 0.717) is 17.0 Å². The molecule has 0 radical (unpaired) electrons. The van der Waals surface area contributed by atoms with Crippen LogP contribution in [-0.2, 0) is 0 Å². The van der Waals surface area contributed by atoms with Crippen molar-refractivity contribution in [2.24, 2.45) is 0 Å². The van der Waals surface area contributed by atoms with Crippen LogP contribution in [0.2, 0.25) is 5.15 Å². The molecule has 0 bridgehead atoms. The molecule has 1 aliphatic rings.